The summed E-state index contributed by atoms with van der Waals surface area (Å²) in [6.45, 7) is 5.20. The molecule has 1 unspecified atom stereocenters. The highest BCUT2D eigenvalue weighted by Crippen LogP contribution is 1.96. The lowest BCUT2D eigenvalue weighted by Crippen LogP contribution is -2.01. The van der Waals surface area contributed by atoms with Gasteiger partial charge in [0.25, 0.3) is 0 Å². The van der Waals surface area contributed by atoms with Crippen molar-refractivity contribution in [1.82, 2.24) is 0 Å². The second-order valence-corrected chi connectivity index (χ2v) is 4.90. The van der Waals surface area contributed by atoms with Crippen molar-refractivity contribution in [3.8, 4) is 0 Å². The molecule has 68 valence electrons. The van der Waals surface area contributed by atoms with Crippen molar-refractivity contribution in [2.24, 2.45) is 0 Å². The van der Waals surface area contributed by atoms with Gasteiger partial charge >= 0.3 is 0 Å². The molecule has 0 aromatic heterocycles. The summed E-state index contributed by atoms with van der Waals surface area (Å²) in [6.07, 6.45) is 4.77. The molecular weight excluding hydrogens is 176 g/mol. The Hall–Kier alpha value is 0.530. The van der Waals surface area contributed by atoms with Crippen LogP contribution in [0.4, 0.5) is 0 Å². The normalized spacial score (nSPS) is 13.3. The molecule has 3 heteroatoms. The van der Waals surface area contributed by atoms with Crippen LogP contribution >= 0.6 is 0 Å². The third-order valence-corrected chi connectivity index (χ3v) is 3.22. The highest BCUT2D eigenvalue weighted by Gasteiger charge is 1.93. The minimum atomic E-state index is -0.188. The molecule has 0 fully saturated rings. The molecule has 1 nitrogen and oxygen atoms in total. The van der Waals surface area contributed by atoms with Gasteiger partial charge in [0.1, 0.15) is 0 Å². The Bertz CT molecular complexity index is 104. The maximum absolute atomic E-state index is 5.43. The summed E-state index contributed by atoms with van der Waals surface area (Å²) in [5.41, 5.74) is 0. The fourth-order valence-electron chi connectivity index (χ4n) is 0.617. The van der Waals surface area contributed by atoms with Gasteiger partial charge in [0.15, 0.2) is 0 Å². The van der Waals surface area contributed by atoms with Crippen LogP contribution in [-0.2, 0) is 25.1 Å². The second kappa shape index (κ2) is 8.62. The average molecular weight is 194 g/mol. The van der Waals surface area contributed by atoms with Crippen molar-refractivity contribution in [2.75, 3.05) is 12.4 Å². The van der Waals surface area contributed by atoms with E-state index in [1.807, 2.05) is 0 Å². The smallest absolute Gasteiger partial charge is 0.0616 e. The molecule has 0 amide bonds. The van der Waals surface area contributed by atoms with Crippen molar-refractivity contribution in [2.45, 2.75) is 39.5 Å². The van der Waals surface area contributed by atoms with Gasteiger partial charge in [-0.15, -0.1) is 0 Å². The fraction of sp³-hybridized carbons (Fsp3) is 1.00. The van der Waals surface area contributed by atoms with E-state index >= 15 is 0 Å². The molecule has 0 saturated heterocycles. The fourth-order valence-corrected chi connectivity index (χ4v) is 2.12. The van der Waals surface area contributed by atoms with Gasteiger partial charge in [0, 0.05) is 15.5 Å². The Morgan fingerprint density at radius 1 is 1.18 bits per heavy atom. The quantitative estimate of drug-likeness (QED) is 0.576. The van der Waals surface area contributed by atoms with Gasteiger partial charge in [-0.3, -0.25) is 0 Å². The van der Waals surface area contributed by atoms with Crippen LogP contribution < -0.4 is 0 Å². The number of unbranched alkanes of at least 4 members (excludes halogenated alkanes) is 2. The van der Waals surface area contributed by atoms with E-state index in [1.165, 1.54) is 19.3 Å². The average Bonchev–Trinajstić information content (AvgIpc) is 2.01. The largest absolute Gasteiger partial charge is 0.312 e. The van der Waals surface area contributed by atoms with Crippen molar-refractivity contribution < 1.29 is 4.18 Å². The highest BCUT2D eigenvalue weighted by molar-refractivity contribution is 8.26. The highest BCUT2D eigenvalue weighted by atomic mass is 32.8. The van der Waals surface area contributed by atoms with E-state index in [0.29, 0.717) is 0 Å². The molecular formula is C8H18OS2. The van der Waals surface area contributed by atoms with Crippen molar-refractivity contribution in [1.29, 1.82) is 0 Å². The zero-order chi connectivity index (χ0) is 8.53. The Balaban J connectivity index is 3.09. The van der Waals surface area contributed by atoms with Crippen molar-refractivity contribution in [3.63, 3.8) is 0 Å². The first-order valence-corrected chi connectivity index (χ1v) is 6.57. The molecule has 0 N–H and O–H groups in total. The first kappa shape index (κ1) is 11.5. The van der Waals surface area contributed by atoms with Gasteiger partial charge in [0.2, 0.25) is 0 Å². The zero-order valence-electron chi connectivity index (χ0n) is 7.47. The van der Waals surface area contributed by atoms with Crippen LogP contribution in [0, 0.1) is 0 Å². The van der Waals surface area contributed by atoms with Crippen LogP contribution in [0.15, 0.2) is 0 Å². The maximum atomic E-state index is 5.43. The van der Waals surface area contributed by atoms with Crippen LogP contribution in [0.3, 0.4) is 0 Å². The number of hydrogen-bond acceptors (Lipinski definition) is 2. The lowest BCUT2D eigenvalue weighted by atomic mass is 10.4. The third kappa shape index (κ3) is 8.44. The molecule has 0 aromatic rings. The molecule has 0 aromatic carbocycles. The summed E-state index contributed by atoms with van der Waals surface area (Å²) >= 11 is 5.12. The summed E-state index contributed by atoms with van der Waals surface area (Å²) in [7, 11) is -0.188. The van der Waals surface area contributed by atoms with Crippen LogP contribution in [0.1, 0.15) is 39.5 Å². The molecule has 0 aliphatic heterocycles. The van der Waals surface area contributed by atoms with Crippen LogP contribution in [0.5, 0.6) is 0 Å². The standard InChI is InChI=1S/C8H18OS2/c1-3-5-7-9-11(10)8-6-4-2/h3-8H2,1-2H3. The summed E-state index contributed by atoms with van der Waals surface area (Å²) in [6, 6.07) is 0. The first-order chi connectivity index (χ1) is 5.31. The van der Waals surface area contributed by atoms with E-state index < -0.39 is 0 Å². The molecule has 0 saturated carbocycles. The third-order valence-electron chi connectivity index (χ3n) is 1.38. The van der Waals surface area contributed by atoms with E-state index in [1.54, 1.807) is 0 Å². The zero-order valence-corrected chi connectivity index (χ0v) is 9.10. The van der Waals surface area contributed by atoms with Gasteiger partial charge in [-0.1, -0.05) is 26.7 Å². The molecule has 0 spiro atoms. The molecule has 1 atom stereocenters. The summed E-state index contributed by atoms with van der Waals surface area (Å²) < 4.78 is 5.43. The predicted molar refractivity (Wildman–Crippen MR) is 55.4 cm³/mol. The van der Waals surface area contributed by atoms with Gasteiger partial charge in [-0.05, 0) is 24.0 Å². The maximum Gasteiger partial charge on any atom is 0.0616 e. The van der Waals surface area contributed by atoms with E-state index in [-0.39, 0.29) is 9.74 Å². The molecule has 0 heterocycles. The van der Waals surface area contributed by atoms with E-state index in [0.717, 1.165) is 18.8 Å². The van der Waals surface area contributed by atoms with Crippen molar-refractivity contribution in [3.05, 3.63) is 0 Å². The van der Waals surface area contributed by atoms with Gasteiger partial charge < -0.3 is 4.18 Å². The number of rotatable bonds is 7. The number of hydrogen-bond donors (Lipinski definition) is 0. The topological polar surface area (TPSA) is 9.23 Å². The van der Waals surface area contributed by atoms with E-state index in [4.69, 9.17) is 15.4 Å². The van der Waals surface area contributed by atoms with Crippen LogP contribution in [-0.4, -0.2) is 12.4 Å². The molecule has 0 bridgehead atoms. The van der Waals surface area contributed by atoms with Gasteiger partial charge in [0.05, 0.1) is 6.61 Å². The summed E-state index contributed by atoms with van der Waals surface area (Å²) in [4.78, 5) is 0. The SMILES string of the molecule is CCCCOS(=S)CCCC. The molecule has 0 radical (unpaired) electrons. The molecule has 0 rings (SSSR count). The minimum Gasteiger partial charge on any atom is -0.312 e. The Morgan fingerprint density at radius 3 is 2.36 bits per heavy atom. The predicted octanol–water partition coefficient (Wildman–Crippen LogP) is 2.60. The van der Waals surface area contributed by atoms with Gasteiger partial charge in [-0.2, -0.15) is 0 Å². The Labute approximate surface area is 77.3 Å². The summed E-state index contributed by atoms with van der Waals surface area (Å²) in [5, 5.41) is 0. The van der Waals surface area contributed by atoms with Crippen molar-refractivity contribution >= 4 is 20.9 Å². The first-order valence-electron chi connectivity index (χ1n) is 4.32. The van der Waals surface area contributed by atoms with Crippen LogP contribution in [0.25, 0.3) is 0 Å². The van der Waals surface area contributed by atoms with Crippen LogP contribution in [0.2, 0.25) is 0 Å². The Morgan fingerprint density at radius 2 is 1.82 bits per heavy atom. The second-order valence-electron chi connectivity index (χ2n) is 2.54. The monoisotopic (exact) mass is 194 g/mol. The lowest BCUT2D eigenvalue weighted by molar-refractivity contribution is 0.357. The van der Waals surface area contributed by atoms with E-state index in [9.17, 15) is 0 Å². The minimum absolute atomic E-state index is 0.188. The Kier molecular flexibility index (Phi) is 9.04. The lowest BCUT2D eigenvalue weighted by Gasteiger charge is -2.03. The molecule has 0 aliphatic carbocycles. The molecule has 0 aliphatic rings. The summed E-state index contributed by atoms with van der Waals surface area (Å²) in [5.74, 6) is 1.07. The van der Waals surface area contributed by atoms with Gasteiger partial charge in [-0.25, -0.2) is 0 Å². The molecule has 11 heavy (non-hydrogen) atoms. The van der Waals surface area contributed by atoms with E-state index in [2.05, 4.69) is 13.8 Å².